The monoisotopic (exact) mass is 255 g/mol. The standard InChI is InChI=1S/C13H15F2NO2/c14-12(15)10-5-3-9(4-6-10)8-16-7-1-2-11(16)13(17)18/h3-6,11-12H,1-2,7-8H2,(H,17,18). The molecule has 0 aliphatic carbocycles. The molecular formula is C13H15F2NO2. The molecule has 0 bridgehead atoms. The zero-order valence-electron chi connectivity index (χ0n) is 9.85. The summed E-state index contributed by atoms with van der Waals surface area (Å²) in [5, 5.41) is 9.04. The summed E-state index contributed by atoms with van der Waals surface area (Å²) in [6.45, 7) is 1.24. The van der Waals surface area contributed by atoms with Crippen LogP contribution in [0.1, 0.15) is 30.4 Å². The Bertz CT molecular complexity index is 420. The number of carboxylic acids is 1. The van der Waals surface area contributed by atoms with Gasteiger partial charge >= 0.3 is 5.97 Å². The molecule has 1 aliphatic heterocycles. The van der Waals surface area contributed by atoms with Crippen molar-refractivity contribution in [3.05, 3.63) is 35.4 Å². The lowest BCUT2D eigenvalue weighted by molar-refractivity contribution is -0.142. The van der Waals surface area contributed by atoms with Gasteiger partial charge in [-0.05, 0) is 24.9 Å². The second-order valence-corrected chi connectivity index (χ2v) is 4.51. The average Bonchev–Trinajstić information content (AvgIpc) is 2.78. The van der Waals surface area contributed by atoms with E-state index >= 15 is 0 Å². The van der Waals surface area contributed by atoms with E-state index in [1.54, 1.807) is 12.1 Å². The van der Waals surface area contributed by atoms with Crippen molar-refractivity contribution in [2.45, 2.75) is 31.9 Å². The summed E-state index contributed by atoms with van der Waals surface area (Å²) in [7, 11) is 0. The SMILES string of the molecule is O=C(O)C1CCCN1Cc1ccc(C(F)F)cc1. The van der Waals surface area contributed by atoms with E-state index in [2.05, 4.69) is 0 Å². The molecule has 1 heterocycles. The van der Waals surface area contributed by atoms with E-state index in [9.17, 15) is 13.6 Å². The quantitative estimate of drug-likeness (QED) is 0.899. The van der Waals surface area contributed by atoms with Gasteiger partial charge in [0, 0.05) is 12.1 Å². The maximum Gasteiger partial charge on any atom is 0.320 e. The number of rotatable bonds is 4. The molecule has 1 aromatic carbocycles. The van der Waals surface area contributed by atoms with E-state index in [4.69, 9.17) is 5.11 Å². The van der Waals surface area contributed by atoms with Gasteiger partial charge in [0.25, 0.3) is 6.43 Å². The summed E-state index contributed by atoms with van der Waals surface area (Å²) in [6, 6.07) is 5.62. The number of nitrogens with zero attached hydrogens (tertiary/aromatic N) is 1. The Balaban J connectivity index is 2.03. The van der Waals surface area contributed by atoms with Gasteiger partial charge in [-0.15, -0.1) is 0 Å². The Hall–Kier alpha value is -1.49. The Morgan fingerprint density at radius 2 is 2.06 bits per heavy atom. The number of halogens is 2. The maximum atomic E-state index is 12.4. The number of alkyl halides is 2. The normalized spacial score (nSPS) is 20.5. The van der Waals surface area contributed by atoms with Crippen molar-refractivity contribution in [3.63, 3.8) is 0 Å². The van der Waals surface area contributed by atoms with Crippen LogP contribution < -0.4 is 0 Å². The number of benzene rings is 1. The summed E-state index contributed by atoms with van der Waals surface area (Å²) in [6.07, 6.45) is -0.936. The van der Waals surface area contributed by atoms with Crippen molar-refractivity contribution in [1.29, 1.82) is 0 Å². The Labute approximate surface area is 104 Å². The van der Waals surface area contributed by atoms with Gasteiger partial charge in [0.1, 0.15) is 6.04 Å². The Morgan fingerprint density at radius 1 is 1.39 bits per heavy atom. The van der Waals surface area contributed by atoms with Crippen LogP contribution in [0, 0.1) is 0 Å². The molecule has 98 valence electrons. The molecule has 0 aromatic heterocycles. The van der Waals surface area contributed by atoms with Crippen LogP contribution in [0.2, 0.25) is 0 Å². The molecule has 1 fully saturated rings. The molecule has 2 rings (SSSR count). The molecule has 18 heavy (non-hydrogen) atoms. The van der Waals surface area contributed by atoms with Crippen LogP contribution in [0.3, 0.4) is 0 Å². The lowest BCUT2D eigenvalue weighted by atomic mass is 10.1. The van der Waals surface area contributed by atoms with Crippen LogP contribution in [0.5, 0.6) is 0 Å². The lowest BCUT2D eigenvalue weighted by Gasteiger charge is -2.21. The van der Waals surface area contributed by atoms with Gasteiger partial charge in [-0.1, -0.05) is 24.3 Å². The fraction of sp³-hybridized carbons (Fsp3) is 0.462. The van der Waals surface area contributed by atoms with Crippen LogP contribution >= 0.6 is 0 Å². The fourth-order valence-electron chi connectivity index (χ4n) is 2.30. The first-order valence-electron chi connectivity index (χ1n) is 5.92. The van der Waals surface area contributed by atoms with Gasteiger partial charge in [0.05, 0.1) is 0 Å². The van der Waals surface area contributed by atoms with E-state index < -0.39 is 18.4 Å². The molecule has 1 N–H and O–H groups in total. The number of hydrogen-bond donors (Lipinski definition) is 1. The van der Waals surface area contributed by atoms with Crippen LogP contribution in [0.25, 0.3) is 0 Å². The van der Waals surface area contributed by atoms with Gasteiger partial charge in [-0.25, -0.2) is 8.78 Å². The van der Waals surface area contributed by atoms with E-state index in [1.807, 2.05) is 4.90 Å². The largest absolute Gasteiger partial charge is 0.480 e. The second kappa shape index (κ2) is 5.44. The average molecular weight is 255 g/mol. The second-order valence-electron chi connectivity index (χ2n) is 4.51. The first-order chi connectivity index (χ1) is 8.58. The third kappa shape index (κ3) is 2.85. The molecule has 3 nitrogen and oxygen atoms in total. The third-order valence-electron chi connectivity index (χ3n) is 3.27. The topological polar surface area (TPSA) is 40.5 Å². The molecule has 5 heteroatoms. The van der Waals surface area contributed by atoms with Crippen LogP contribution in [-0.4, -0.2) is 28.6 Å². The van der Waals surface area contributed by atoms with E-state index in [-0.39, 0.29) is 5.56 Å². The first-order valence-corrected chi connectivity index (χ1v) is 5.92. The van der Waals surface area contributed by atoms with Crippen molar-refractivity contribution in [2.75, 3.05) is 6.54 Å². The molecule has 1 atom stereocenters. The van der Waals surface area contributed by atoms with Gasteiger partial charge < -0.3 is 5.11 Å². The fourth-order valence-corrected chi connectivity index (χ4v) is 2.30. The minimum atomic E-state index is -2.46. The predicted octanol–water partition coefficient (Wildman–Crippen LogP) is 2.67. The summed E-state index contributed by atoms with van der Waals surface area (Å²) in [4.78, 5) is 12.9. The summed E-state index contributed by atoms with van der Waals surface area (Å²) in [5.41, 5.74) is 0.863. The molecule has 1 saturated heterocycles. The highest BCUT2D eigenvalue weighted by Crippen LogP contribution is 2.22. The number of carbonyl (C=O) groups is 1. The van der Waals surface area contributed by atoms with Crippen molar-refractivity contribution in [1.82, 2.24) is 4.90 Å². The smallest absolute Gasteiger partial charge is 0.320 e. The minimum Gasteiger partial charge on any atom is -0.480 e. The van der Waals surface area contributed by atoms with Crippen LogP contribution in [0.4, 0.5) is 8.78 Å². The van der Waals surface area contributed by atoms with E-state index in [1.165, 1.54) is 12.1 Å². The number of aliphatic carboxylic acids is 1. The van der Waals surface area contributed by atoms with Crippen molar-refractivity contribution >= 4 is 5.97 Å². The zero-order valence-corrected chi connectivity index (χ0v) is 9.85. The van der Waals surface area contributed by atoms with Gasteiger partial charge in [0.2, 0.25) is 0 Å². The van der Waals surface area contributed by atoms with E-state index in [0.717, 1.165) is 18.5 Å². The maximum absolute atomic E-state index is 12.4. The third-order valence-corrected chi connectivity index (χ3v) is 3.27. The summed E-state index contributed by atoms with van der Waals surface area (Å²) < 4.78 is 24.8. The number of carboxylic acid groups (broad SMARTS) is 1. The van der Waals surface area contributed by atoms with Gasteiger partial charge in [-0.3, -0.25) is 9.69 Å². The molecule has 1 unspecified atom stereocenters. The molecule has 0 saturated carbocycles. The molecule has 1 aliphatic rings. The van der Waals surface area contributed by atoms with Crippen molar-refractivity contribution in [3.8, 4) is 0 Å². The highest BCUT2D eigenvalue weighted by atomic mass is 19.3. The van der Waals surface area contributed by atoms with E-state index in [0.29, 0.717) is 13.0 Å². The lowest BCUT2D eigenvalue weighted by Crippen LogP contribution is -2.35. The zero-order chi connectivity index (χ0) is 13.1. The Morgan fingerprint density at radius 3 is 2.61 bits per heavy atom. The predicted molar refractivity (Wildman–Crippen MR) is 62.5 cm³/mol. The first kappa shape index (κ1) is 13.0. The van der Waals surface area contributed by atoms with Gasteiger partial charge in [-0.2, -0.15) is 0 Å². The van der Waals surface area contributed by atoms with Gasteiger partial charge in [0.15, 0.2) is 0 Å². The highest BCUT2D eigenvalue weighted by Gasteiger charge is 2.30. The minimum absolute atomic E-state index is 0.00467. The molecule has 0 amide bonds. The molecular weight excluding hydrogens is 240 g/mol. The molecule has 0 spiro atoms. The molecule has 1 aromatic rings. The number of hydrogen-bond acceptors (Lipinski definition) is 2. The Kier molecular flexibility index (Phi) is 3.91. The summed E-state index contributed by atoms with van der Waals surface area (Å²) in [5.74, 6) is -0.809. The number of likely N-dealkylation sites (tertiary alicyclic amines) is 1. The van der Waals surface area contributed by atoms with Crippen LogP contribution in [-0.2, 0) is 11.3 Å². The molecule has 0 radical (unpaired) electrons. The summed E-state index contributed by atoms with van der Waals surface area (Å²) >= 11 is 0. The van der Waals surface area contributed by atoms with Crippen LogP contribution in [0.15, 0.2) is 24.3 Å². The highest BCUT2D eigenvalue weighted by molar-refractivity contribution is 5.73. The van der Waals surface area contributed by atoms with Crippen molar-refractivity contribution in [2.24, 2.45) is 0 Å². The van der Waals surface area contributed by atoms with Crippen molar-refractivity contribution < 1.29 is 18.7 Å².